The molecule has 0 radical (unpaired) electrons. The van der Waals surface area contributed by atoms with Crippen LogP contribution < -0.4 is 14.8 Å². The molecule has 1 aliphatic heterocycles. The van der Waals surface area contributed by atoms with Gasteiger partial charge in [-0.2, -0.15) is 0 Å². The van der Waals surface area contributed by atoms with Crippen molar-refractivity contribution in [1.82, 2.24) is 10.2 Å². The molecule has 166 valence electrons. The first-order chi connectivity index (χ1) is 15.0. The van der Waals surface area contributed by atoms with E-state index in [1.54, 1.807) is 36.4 Å². The van der Waals surface area contributed by atoms with Gasteiger partial charge in [0.25, 0.3) is 5.91 Å². The van der Waals surface area contributed by atoms with E-state index in [1.807, 2.05) is 0 Å². The molecule has 7 nitrogen and oxygen atoms in total. The number of nitrogens with one attached hydrogen (secondary N) is 1. The van der Waals surface area contributed by atoms with Gasteiger partial charge in [-0.1, -0.05) is 18.2 Å². The van der Waals surface area contributed by atoms with Crippen molar-refractivity contribution in [3.63, 3.8) is 0 Å². The lowest BCUT2D eigenvalue weighted by Gasteiger charge is -2.23. The summed E-state index contributed by atoms with van der Waals surface area (Å²) in [4.78, 5) is 27.1. The van der Waals surface area contributed by atoms with Crippen LogP contribution in [0.3, 0.4) is 0 Å². The summed E-state index contributed by atoms with van der Waals surface area (Å²) in [6, 6.07) is 10.9. The second-order valence-corrected chi connectivity index (χ2v) is 7.26. The quantitative estimate of drug-likeness (QED) is 0.662. The number of nitrogens with zero attached hydrogens (tertiary/aromatic N) is 1. The molecule has 2 aromatic rings. The molecule has 3 rings (SSSR count). The van der Waals surface area contributed by atoms with Crippen LogP contribution in [-0.4, -0.2) is 56.7 Å². The van der Waals surface area contributed by atoms with Gasteiger partial charge >= 0.3 is 0 Å². The SMILES string of the molecule is COc1ccc(C(=O)N(CC(=O)NC[C@@H]2CCCO2)Cc2ccccc2F)cc1OC. The first-order valence-electron chi connectivity index (χ1n) is 10.1. The van der Waals surface area contributed by atoms with Crippen LogP contribution in [0.2, 0.25) is 0 Å². The number of halogens is 1. The van der Waals surface area contributed by atoms with Crippen molar-refractivity contribution in [2.24, 2.45) is 0 Å². The van der Waals surface area contributed by atoms with E-state index >= 15 is 0 Å². The highest BCUT2D eigenvalue weighted by Gasteiger charge is 2.23. The molecule has 8 heteroatoms. The molecule has 0 bridgehead atoms. The number of carbonyl (C=O) groups excluding carboxylic acids is 2. The molecule has 1 fully saturated rings. The number of hydrogen-bond acceptors (Lipinski definition) is 5. The predicted molar refractivity (Wildman–Crippen MR) is 113 cm³/mol. The summed E-state index contributed by atoms with van der Waals surface area (Å²) in [6.07, 6.45) is 1.85. The van der Waals surface area contributed by atoms with E-state index in [-0.39, 0.29) is 25.1 Å². The molecule has 1 aliphatic rings. The van der Waals surface area contributed by atoms with Gasteiger partial charge in [0.2, 0.25) is 5.91 Å². The Morgan fingerprint density at radius 1 is 1.16 bits per heavy atom. The fourth-order valence-electron chi connectivity index (χ4n) is 3.45. The van der Waals surface area contributed by atoms with Gasteiger partial charge in [0.05, 0.1) is 20.3 Å². The van der Waals surface area contributed by atoms with Crippen molar-refractivity contribution < 1.29 is 28.2 Å². The predicted octanol–water partition coefficient (Wildman–Crippen LogP) is 2.78. The molecule has 0 aromatic heterocycles. The van der Waals surface area contributed by atoms with E-state index in [4.69, 9.17) is 14.2 Å². The maximum Gasteiger partial charge on any atom is 0.254 e. The molecule has 2 aromatic carbocycles. The zero-order valence-corrected chi connectivity index (χ0v) is 17.7. The Balaban J connectivity index is 1.78. The van der Waals surface area contributed by atoms with Crippen molar-refractivity contribution in [2.75, 3.05) is 33.9 Å². The van der Waals surface area contributed by atoms with Crippen LogP contribution >= 0.6 is 0 Å². The van der Waals surface area contributed by atoms with Crippen LogP contribution in [0.4, 0.5) is 4.39 Å². The van der Waals surface area contributed by atoms with Crippen LogP contribution in [-0.2, 0) is 16.1 Å². The van der Waals surface area contributed by atoms with Crippen molar-refractivity contribution in [1.29, 1.82) is 0 Å². The average molecular weight is 430 g/mol. The van der Waals surface area contributed by atoms with E-state index < -0.39 is 11.7 Å². The number of hydrogen-bond donors (Lipinski definition) is 1. The molecular formula is C23H27FN2O5. The number of carbonyl (C=O) groups is 2. The molecule has 1 atom stereocenters. The number of benzene rings is 2. The molecule has 1 heterocycles. The second-order valence-electron chi connectivity index (χ2n) is 7.26. The van der Waals surface area contributed by atoms with Gasteiger partial charge in [-0.25, -0.2) is 4.39 Å². The summed E-state index contributed by atoms with van der Waals surface area (Å²) in [5, 5.41) is 2.81. The third-order valence-corrected chi connectivity index (χ3v) is 5.12. The average Bonchev–Trinajstić information content (AvgIpc) is 3.31. The zero-order valence-electron chi connectivity index (χ0n) is 17.7. The maximum absolute atomic E-state index is 14.2. The molecule has 2 amide bonds. The van der Waals surface area contributed by atoms with Gasteiger partial charge in [-0.3, -0.25) is 9.59 Å². The molecule has 31 heavy (non-hydrogen) atoms. The van der Waals surface area contributed by atoms with Crippen LogP contribution in [0.15, 0.2) is 42.5 Å². The van der Waals surface area contributed by atoms with E-state index in [2.05, 4.69) is 5.32 Å². The van der Waals surface area contributed by atoms with Crippen molar-refractivity contribution in [2.45, 2.75) is 25.5 Å². The maximum atomic E-state index is 14.2. The standard InChI is InChI=1S/C23H27FN2O5/c1-29-20-10-9-16(12-21(20)30-2)23(28)26(14-17-6-3-4-8-19(17)24)15-22(27)25-13-18-7-5-11-31-18/h3-4,6,8-10,12,18H,5,7,11,13-15H2,1-2H3,(H,25,27)/t18-/m0/s1. The minimum absolute atomic E-state index is 0.00878. The summed E-state index contributed by atoms with van der Waals surface area (Å²) in [6.45, 7) is 0.816. The fourth-order valence-corrected chi connectivity index (χ4v) is 3.45. The molecule has 1 N–H and O–H groups in total. The normalized spacial score (nSPS) is 15.4. The monoisotopic (exact) mass is 430 g/mol. The van der Waals surface area contributed by atoms with E-state index in [0.717, 1.165) is 12.8 Å². The van der Waals surface area contributed by atoms with Crippen LogP contribution in [0.1, 0.15) is 28.8 Å². The summed E-state index contributed by atoms with van der Waals surface area (Å²) >= 11 is 0. The summed E-state index contributed by atoms with van der Waals surface area (Å²) < 4.78 is 30.2. The first-order valence-corrected chi connectivity index (χ1v) is 10.1. The van der Waals surface area contributed by atoms with Crippen LogP contribution in [0.25, 0.3) is 0 Å². The summed E-state index contributed by atoms with van der Waals surface area (Å²) in [5.74, 6) is -0.319. The largest absolute Gasteiger partial charge is 0.493 e. The summed E-state index contributed by atoms with van der Waals surface area (Å²) in [5.41, 5.74) is 0.629. The lowest BCUT2D eigenvalue weighted by Crippen LogP contribution is -2.42. The van der Waals surface area contributed by atoms with Crippen molar-refractivity contribution in [3.8, 4) is 11.5 Å². The minimum atomic E-state index is -0.438. The Bertz CT molecular complexity index is 915. The first kappa shape index (κ1) is 22.6. The molecular weight excluding hydrogens is 403 g/mol. The Hall–Kier alpha value is -3.13. The highest BCUT2D eigenvalue weighted by Crippen LogP contribution is 2.28. The Labute approximate surface area is 181 Å². The van der Waals surface area contributed by atoms with E-state index in [0.29, 0.717) is 35.8 Å². The van der Waals surface area contributed by atoms with Gasteiger partial charge in [-0.15, -0.1) is 0 Å². The Morgan fingerprint density at radius 3 is 2.61 bits per heavy atom. The number of rotatable bonds is 9. The van der Waals surface area contributed by atoms with E-state index in [1.165, 1.54) is 25.2 Å². The minimum Gasteiger partial charge on any atom is -0.493 e. The smallest absolute Gasteiger partial charge is 0.254 e. The number of amides is 2. The molecule has 0 saturated carbocycles. The van der Waals surface area contributed by atoms with Gasteiger partial charge in [-0.05, 0) is 37.1 Å². The van der Waals surface area contributed by atoms with Gasteiger partial charge < -0.3 is 24.4 Å². The topological polar surface area (TPSA) is 77.1 Å². The summed E-state index contributed by atoms with van der Waals surface area (Å²) in [7, 11) is 2.98. The van der Waals surface area contributed by atoms with Gasteiger partial charge in [0, 0.05) is 30.8 Å². The lowest BCUT2D eigenvalue weighted by molar-refractivity contribution is -0.122. The highest BCUT2D eigenvalue weighted by molar-refractivity contribution is 5.97. The highest BCUT2D eigenvalue weighted by atomic mass is 19.1. The van der Waals surface area contributed by atoms with E-state index in [9.17, 15) is 14.0 Å². The zero-order chi connectivity index (χ0) is 22.2. The Morgan fingerprint density at radius 2 is 1.94 bits per heavy atom. The Kier molecular flexibility index (Phi) is 7.83. The van der Waals surface area contributed by atoms with Gasteiger partial charge in [0.1, 0.15) is 12.4 Å². The molecule has 1 saturated heterocycles. The fraction of sp³-hybridized carbons (Fsp3) is 0.391. The van der Waals surface area contributed by atoms with Crippen LogP contribution in [0.5, 0.6) is 11.5 Å². The third kappa shape index (κ3) is 5.95. The van der Waals surface area contributed by atoms with Crippen LogP contribution in [0, 0.1) is 5.82 Å². The lowest BCUT2D eigenvalue weighted by atomic mass is 10.1. The second kappa shape index (κ2) is 10.8. The van der Waals surface area contributed by atoms with Gasteiger partial charge in [0.15, 0.2) is 11.5 Å². The van der Waals surface area contributed by atoms with Crippen molar-refractivity contribution >= 4 is 11.8 Å². The molecule has 0 spiro atoms. The number of methoxy groups -OCH3 is 2. The third-order valence-electron chi connectivity index (χ3n) is 5.12. The number of ether oxygens (including phenoxy) is 3. The van der Waals surface area contributed by atoms with Crippen molar-refractivity contribution in [3.05, 3.63) is 59.4 Å². The molecule has 0 aliphatic carbocycles. The molecule has 0 unspecified atom stereocenters.